The van der Waals surface area contributed by atoms with Crippen LogP contribution in [0.5, 0.6) is 11.5 Å². The van der Waals surface area contributed by atoms with Crippen molar-refractivity contribution in [2.45, 2.75) is 16.6 Å². The minimum atomic E-state index is 0.367. The van der Waals surface area contributed by atoms with E-state index in [0.717, 1.165) is 12.7 Å². The van der Waals surface area contributed by atoms with Gasteiger partial charge in [-0.05, 0) is 30.2 Å². The number of aldehydes is 1. The zero-order valence-electron chi connectivity index (χ0n) is 11.7. The van der Waals surface area contributed by atoms with Gasteiger partial charge in [-0.15, -0.1) is 11.8 Å². The van der Waals surface area contributed by atoms with Crippen LogP contribution in [0.15, 0.2) is 47.4 Å². The molecule has 0 aromatic heterocycles. The Morgan fingerprint density at radius 2 is 2.10 bits per heavy atom. The van der Waals surface area contributed by atoms with Crippen LogP contribution in [0.2, 0.25) is 0 Å². The molecule has 1 aliphatic heterocycles. The number of ether oxygens (including phenoxy) is 2. The number of rotatable bonds is 5. The highest BCUT2D eigenvalue weighted by Gasteiger charge is 2.23. The van der Waals surface area contributed by atoms with E-state index in [0.29, 0.717) is 28.9 Å². The van der Waals surface area contributed by atoms with Crippen molar-refractivity contribution in [3.63, 3.8) is 0 Å². The summed E-state index contributed by atoms with van der Waals surface area (Å²) in [7, 11) is 1.58. The van der Waals surface area contributed by atoms with Gasteiger partial charge in [0.1, 0.15) is 6.61 Å². The first-order valence-corrected chi connectivity index (χ1v) is 7.69. The fourth-order valence-corrected chi connectivity index (χ4v) is 3.68. The largest absolute Gasteiger partial charge is 0.493 e. The van der Waals surface area contributed by atoms with Crippen LogP contribution in [0.4, 0.5) is 0 Å². The molecule has 1 atom stereocenters. The fraction of sp³-hybridized carbons (Fsp3) is 0.235. The maximum Gasteiger partial charge on any atom is 0.171 e. The lowest BCUT2D eigenvalue weighted by Crippen LogP contribution is -2.14. The highest BCUT2D eigenvalue weighted by molar-refractivity contribution is 8.00. The quantitative estimate of drug-likeness (QED) is 0.790. The first-order valence-electron chi connectivity index (χ1n) is 6.81. The van der Waals surface area contributed by atoms with Gasteiger partial charge in [-0.3, -0.25) is 4.79 Å². The summed E-state index contributed by atoms with van der Waals surface area (Å²) in [5.74, 6) is 1.13. The molecule has 108 valence electrons. The van der Waals surface area contributed by atoms with Crippen molar-refractivity contribution in [1.82, 2.24) is 0 Å². The zero-order chi connectivity index (χ0) is 14.7. The molecule has 0 amide bonds. The van der Waals surface area contributed by atoms with Gasteiger partial charge in [0.05, 0.1) is 12.7 Å². The normalized spacial score (nSPS) is 16.3. The molecule has 0 saturated heterocycles. The molecule has 3 rings (SSSR count). The summed E-state index contributed by atoms with van der Waals surface area (Å²) in [6.45, 7) is 0.556. The standard InChI is InChI=1S/C17H16O3S/c1-19-15-7-4-6-13(10-18)17(15)20-11-14-9-12-5-2-3-8-16(12)21-14/h2-8,10,14H,9,11H2,1H3. The lowest BCUT2D eigenvalue weighted by atomic mass is 10.1. The van der Waals surface area contributed by atoms with Crippen LogP contribution in [0.25, 0.3) is 0 Å². The second-order valence-electron chi connectivity index (χ2n) is 4.86. The molecular weight excluding hydrogens is 284 g/mol. The molecule has 2 aromatic rings. The van der Waals surface area contributed by atoms with Crippen molar-refractivity contribution >= 4 is 18.0 Å². The topological polar surface area (TPSA) is 35.5 Å². The monoisotopic (exact) mass is 300 g/mol. The first kappa shape index (κ1) is 14.0. The lowest BCUT2D eigenvalue weighted by Gasteiger charge is -2.15. The number of thioether (sulfide) groups is 1. The van der Waals surface area contributed by atoms with Gasteiger partial charge in [0.2, 0.25) is 0 Å². The van der Waals surface area contributed by atoms with Crippen LogP contribution in [0.1, 0.15) is 15.9 Å². The average molecular weight is 300 g/mol. The lowest BCUT2D eigenvalue weighted by molar-refractivity contribution is 0.111. The maximum absolute atomic E-state index is 11.1. The fourth-order valence-electron chi connectivity index (χ4n) is 2.46. The van der Waals surface area contributed by atoms with Gasteiger partial charge < -0.3 is 9.47 Å². The molecule has 3 nitrogen and oxygen atoms in total. The van der Waals surface area contributed by atoms with Crippen LogP contribution in [-0.4, -0.2) is 25.3 Å². The Labute approximate surface area is 128 Å². The number of carbonyl (C=O) groups is 1. The summed E-state index contributed by atoms with van der Waals surface area (Å²) < 4.78 is 11.2. The van der Waals surface area contributed by atoms with Crippen LogP contribution in [-0.2, 0) is 6.42 Å². The van der Waals surface area contributed by atoms with Crippen molar-refractivity contribution in [2.24, 2.45) is 0 Å². The summed E-state index contributed by atoms with van der Waals surface area (Å²) in [5, 5.41) is 0.367. The Balaban J connectivity index is 1.71. The summed E-state index contributed by atoms with van der Waals surface area (Å²) in [6, 6.07) is 13.7. The number of benzene rings is 2. The Morgan fingerprint density at radius 1 is 1.24 bits per heavy atom. The third-order valence-corrected chi connectivity index (χ3v) is 4.77. The Bertz CT molecular complexity index is 629. The molecule has 21 heavy (non-hydrogen) atoms. The van der Waals surface area contributed by atoms with E-state index in [1.807, 2.05) is 11.8 Å². The molecule has 0 spiro atoms. The third-order valence-electron chi connectivity index (χ3n) is 3.48. The van der Waals surface area contributed by atoms with E-state index in [1.165, 1.54) is 10.5 Å². The number of hydrogen-bond acceptors (Lipinski definition) is 4. The first-order chi connectivity index (χ1) is 10.3. The molecule has 0 radical (unpaired) electrons. The molecule has 1 unspecified atom stereocenters. The van der Waals surface area contributed by atoms with E-state index in [4.69, 9.17) is 9.47 Å². The van der Waals surface area contributed by atoms with Crippen molar-refractivity contribution < 1.29 is 14.3 Å². The number of fused-ring (bicyclic) bond motifs is 1. The number of methoxy groups -OCH3 is 1. The van der Waals surface area contributed by atoms with E-state index in [-0.39, 0.29) is 0 Å². The highest BCUT2D eigenvalue weighted by Crippen LogP contribution is 2.38. The Morgan fingerprint density at radius 3 is 2.86 bits per heavy atom. The predicted octanol–water partition coefficient (Wildman–Crippen LogP) is 3.60. The van der Waals surface area contributed by atoms with Gasteiger partial charge >= 0.3 is 0 Å². The molecular formula is C17H16O3S. The van der Waals surface area contributed by atoms with Crippen LogP contribution < -0.4 is 9.47 Å². The zero-order valence-corrected chi connectivity index (χ0v) is 12.6. The SMILES string of the molecule is COc1cccc(C=O)c1OCC1Cc2ccccc2S1. The third kappa shape index (κ3) is 2.90. The van der Waals surface area contributed by atoms with Gasteiger partial charge in [0.25, 0.3) is 0 Å². The second kappa shape index (κ2) is 6.22. The van der Waals surface area contributed by atoms with Crippen molar-refractivity contribution in [2.75, 3.05) is 13.7 Å². The molecule has 0 saturated carbocycles. The van der Waals surface area contributed by atoms with Crippen molar-refractivity contribution in [3.05, 3.63) is 53.6 Å². The molecule has 1 aliphatic rings. The van der Waals surface area contributed by atoms with E-state index in [2.05, 4.69) is 24.3 Å². The van der Waals surface area contributed by atoms with E-state index >= 15 is 0 Å². The molecule has 0 fully saturated rings. The minimum Gasteiger partial charge on any atom is -0.493 e. The van der Waals surface area contributed by atoms with Crippen LogP contribution in [0, 0.1) is 0 Å². The summed E-state index contributed by atoms with van der Waals surface area (Å²) in [5.41, 5.74) is 1.89. The Hall–Kier alpha value is -1.94. The molecule has 1 heterocycles. The predicted molar refractivity (Wildman–Crippen MR) is 83.7 cm³/mol. The smallest absolute Gasteiger partial charge is 0.171 e. The molecule has 0 N–H and O–H groups in total. The maximum atomic E-state index is 11.1. The average Bonchev–Trinajstić information content (AvgIpc) is 2.95. The molecule has 4 heteroatoms. The summed E-state index contributed by atoms with van der Waals surface area (Å²) in [6.07, 6.45) is 1.79. The van der Waals surface area contributed by atoms with E-state index in [1.54, 1.807) is 25.3 Å². The van der Waals surface area contributed by atoms with E-state index < -0.39 is 0 Å². The summed E-state index contributed by atoms with van der Waals surface area (Å²) >= 11 is 1.83. The Kier molecular flexibility index (Phi) is 4.15. The molecule has 0 bridgehead atoms. The highest BCUT2D eigenvalue weighted by atomic mass is 32.2. The van der Waals surface area contributed by atoms with Crippen molar-refractivity contribution in [3.8, 4) is 11.5 Å². The van der Waals surface area contributed by atoms with Gasteiger partial charge in [0.15, 0.2) is 17.8 Å². The molecule has 0 aliphatic carbocycles. The second-order valence-corrected chi connectivity index (χ2v) is 6.20. The number of hydrogen-bond donors (Lipinski definition) is 0. The van der Waals surface area contributed by atoms with Gasteiger partial charge in [-0.2, -0.15) is 0 Å². The van der Waals surface area contributed by atoms with Gasteiger partial charge in [-0.25, -0.2) is 0 Å². The van der Waals surface area contributed by atoms with Crippen LogP contribution >= 0.6 is 11.8 Å². The van der Waals surface area contributed by atoms with Gasteiger partial charge in [-0.1, -0.05) is 24.3 Å². The van der Waals surface area contributed by atoms with Gasteiger partial charge in [0, 0.05) is 10.1 Å². The van der Waals surface area contributed by atoms with Crippen LogP contribution in [0.3, 0.4) is 0 Å². The van der Waals surface area contributed by atoms with Crippen molar-refractivity contribution in [1.29, 1.82) is 0 Å². The number of para-hydroxylation sites is 1. The molecule has 2 aromatic carbocycles. The summed E-state index contributed by atoms with van der Waals surface area (Å²) in [4.78, 5) is 12.5. The van der Waals surface area contributed by atoms with E-state index in [9.17, 15) is 4.79 Å². The minimum absolute atomic E-state index is 0.367. The number of carbonyl (C=O) groups excluding carboxylic acids is 1.